The Balaban J connectivity index is 3.64. The topological polar surface area (TPSA) is 92.6 Å². The van der Waals surface area contributed by atoms with Gasteiger partial charge in [0.1, 0.15) is 6.04 Å². The van der Waals surface area contributed by atoms with E-state index in [1.165, 1.54) is 6.92 Å². The molecule has 0 aliphatic rings. The Morgan fingerprint density at radius 2 is 2.12 bits per heavy atom. The van der Waals surface area contributed by atoms with Crippen LogP contribution >= 0.6 is 0 Å². The van der Waals surface area contributed by atoms with Gasteiger partial charge in [-0.2, -0.15) is 5.12 Å². The van der Waals surface area contributed by atoms with Crippen molar-refractivity contribution >= 4 is 5.97 Å². The van der Waals surface area contributed by atoms with Crippen LogP contribution < -0.4 is 11.7 Å². The summed E-state index contributed by atoms with van der Waals surface area (Å²) in [5.74, 6) is 8.70. The van der Waals surface area contributed by atoms with Crippen molar-refractivity contribution in [2.75, 3.05) is 0 Å². The van der Waals surface area contributed by atoms with E-state index in [1.807, 2.05) is 0 Å². The van der Waals surface area contributed by atoms with Gasteiger partial charge in [0, 0.05) is 0 Å². The van der Waals surface area contributed by atoms with Crippen LogP contribution in [0.15, 0.2) is 0 Å². The Bertz CT molecular complexity index is 92.5. The van der Waals surface area contributed by atoms with Crippen LogP contribution in [-0.2, 0) is 4.79 Å². The highest BCUT2D eigenvalue weighted by atomic mass is 16.4. The van der Waals surface area contributed by atoms with Gasteiger partial charge in [0.05, 0.1) is 0 Å². The summed E-state index contributed by atoms with van der Waals surface area (Å²) < 4.78 is 0. The molecule has 0 radical (unpaired) electrons. The van der Waals surface area contributed by atoms with E-state index in [4.69, 9.17) is 16.8 Å². The maximum Gasteiger partial charge on any atom is 0.323 e. The Morgan fingerprint density at radius 3 is 2.12 bits per heavy atom. The average molecular weight is 119 g/mol. The zero-order valence-corrected chi connectivity index (χ0v) is 4.53. The summed E-state index contributed by atoms with van der Waals surface area (Å²) in [6, 6.07) is -0.824. The van der Waals surface area contributed by atoms with Crippen LogP contribution in [0.2, 0.25) is 0 Å². The van der Waals surface area contributed by atoms with Crippen LogP contribution in [0, 0.1) is 0 Å². The zero-order chi connectivity index (χ0) is 6.73. The normalized spacial score (nSPS) is 14.0. The van der Waals surface area contributed by atoms with E-state index in [2.05, 4.69) is 0 Å². The smallest absolute Gasteiger partial charge is 0.323 e. The van der Waals surface area contributed by atoms with Crippen LogP contribution in [0.3, 0.4) is 0 Å². The number of carboxylic acid groups (broad SMARTS) is 1. The second-order valence-corrected chi connectivity index (χ2v) is 1.46. The number of hydrogen-bond acceptors (Lipinski definition) is 4. The first-order chi connectivity index (χ1) is 3.55. The molecule has 0 rings (SSSR count). The van der Waals surface area contributed by atoms with Gasteiger partial charge in [-0.3, -0.25) is 16.5 Å². The summed E-state index contributed by atoms with van der Waals surface area (Å²) in [5, 5.41) is 8.79. The number of nitrogens with two attached hydrogens (primary N) is 2. The summed E-state index contributed by atoms with van der Waals surface area (Å²) in [6.07, 6.45) is 0. The minimum atomic E-state index is -1.03. The third-order valence-corrected chi connectivity index (χ3v) is 0.805. The number of rotatable bonds is 2. The SMILES string of the molecule is CC(C(=O)O)N(N)N. The highest BCUT2D eigenvalue weighted by Gasteiger charge is 2.12. The molecule has 0 heterocycles. The molecule has 5 N–H and O–H groups in total. The molecular weight excluding hydrogens is 110 g/mol. The fourth-order valence-electron chi connectivity index (χ4n) is 0.128. The predicted octanol–water partition coefficient (Wildman–Crippen LogP) is -1.49. The second kappa shape index (κ2) is 2.61. The largest absolute Gasteiger partial charge is 0.480 e. The Morgan fingerprint density at radius 1 is 1.75 bits per heavy atom. The molecule has 0 aromatic carbocycles. The summed E-state index contributed by atoms with van der Waals surface area (Å²) >= 11 is 0. The van der Waals surface area contributed by atoms with Crippen LogP contribution in [-0.4, -0.2) is 22.2 Å². The van der Waals surface area contributed by atoms with E-state index in [-0.39, 0.29) is 0 Å². The minimum absolute atomic E-state index is 0.641. The summed E-state index contributed by atoms with van der Waals surface area (Å²) in [4.78, 5) is 9.94. The molecular formula is C3H9N3O2. The van der Waals surface area contributed by atoms with Crippen molar-refractivity contribution in [1.29, 1.82) is 0 Å². The van der Waals surface area contributed by atoms with Crippen LogP contribution in [0.4, 0.5) is 0 Å². The van der Waals surface area contributed by atoms with Crippen molar-refractivity contribution in [3.8, 4) is 0 Å². The molecule has 0 fully saturated rings. The lowest BCUT2D eigenvalue weighted by Crippen LogP contribution is -2.48. The van der Waals surface area contributed by atoms with Crippen LogP contribution in [0.1, 0.15) is 6.92 Å². The fourth-order valence-corrected chi connectivity index (χ4v) is 0.128. The van der Waals surface area contributed by atoms with Gasteiger partial charge in [-0.15, -0.1) is 0 Å². The number of hydrazine groups is 2. The van der Waals surface area contributed by atoms with E-state index in [0.29, 0.717) is 5.12 Å². The molecule has 0 aliphatic carbocycles. The van der Waals surface area contributed by atoms with Crippen molar-refractivity contribution in [3.05, 3.63) is 0 Å². The molecule has 48 valence electrons. The van der Waals surface area contributed by atoms with Gasteiger partial charge in [0.2, 0.25) is 0 Å². The van der Waals surface area contributed by atoms with E-state index in [1.54, 1.807) is 0 Å². The van der Waals surface area contributed by atoms with E-state index in [0.717, 1.165) is 0 Å². The first kappa shape index (κ1) is 7.35. The van der Waals surface area contributed by atoms with Crippen molar-refractivity contribution in [2.45, 2.75) is 13.0 Å². The maximum atomic E-state index is 9.94. The van der Waals surface area contributed by atoms with Gasteiger partial charge < -0.3 is 5.11 Å². The number of carboxylic acids is 1. The van der Waals surface area contributed by atoms with E-state index < -0.39 is 12.0 Å². The predicted molar refractivity (Wildman–Crippen MR) is 27.3 cm³/mol. The second-order valence-electron chi connectivity index (χ2n) is 1.46. The summed E-state index contributed by atoms with van der Waals surface area (Å²) in [7, 11) is 0. The Hall–Kier alpha value is -0.650. The lowest BCUT2D eigenvalue weighted by Gasteiger charge is -2.12. The van der Waals surface area contributed by atoms with Gasteiger partial charge in [0.25, 0.3) is 0 Å². The molecule has 0 saturated carbocycles. The maximum absolute atomic E-state index is 9.94. The highest BCUT2D eigenvalue weighted by Crippen LogP contribution is 1.82. The monoisotopic (exact) mass is 119 g/mol. The molecule has 5 heteroatoms. The van der Waals surface area contributed by atoms with Crippen molar-refractivity contribution in [2.24, 2.45) is 11.7 Å². The molecule has 1 atom stereocenters. The van der Waals surface area contributed by atoms with Crippen LogP contribution in [0.5, 0.6) is 0 Å². The molecule has 0 amide bonds. The van der Waals surface area contributed by atoms with E-state index >= 15 is 0 Å². The third kappa shape index (κ3) is 1.87. The average Bonchev–Trinajstić information content (AvgIpc) is 1.64. The fraction of sp³-hybridized carbons (Fsp3) is 0.667. The lowest BCUT2D eigenvalue weighted by molar-refractivity contribution is -0.142. The van der Waals surface area contributed by atoms with Crippen molar-refractivity contribution in [1.82, 2.24) is 5.12 Å². The van der Waals surface area contributed by atoms with Gasteiger partial charge >= 0.3 is 5.97 Å². The van der Waals surface area contributed by atoms with Gasteiger partial charge in [0.15, 0.2) is 0 Å². The van der Waals surface area contributed by atoms with Crippen molar-refractivity contribution < 1.29 is 9.90 Å². The van der Waals surface area contributed by atoms with Crippen LogP contribution in [0.25, 0.3) is 0 Å². The number of carbonyl (C=O) groups is 1. The Kier molecular flexibility index (Phi) is 2.40. The summed E-state index contributed by atoms with van der Waals surface area (Å²) in [5.41, 5.74) is 0. The number of aliphatic carboxylic acids is 1. The molecule has 0 spiro atoms. The minimum Gasteiger partial charge on any atom is -0.480 e. The highest BCUT2D eigenvalue weighted by molar-refractivity contribution is 5.72. The van der Waals surface area contributed by atoms with E-state index in [9.17, 15) is 4.79 Å². The van der Waals surface area contributed by atoms with Gasteiger partial charge in [-0.25, -0.2) is 0 Å². The number of nitrogens with zero attached hydrogens (tertiary/aromatic N) is 1. The molecule has 1 unspecified atom stereocenters. The zero-order valence-electron chi connectivity index (χ0n) is 4.53. The first-order valence-electron chi connectivity index (χ1n) is 2.07. The molecule has 0 aromatic rings. The van der Waals surface area contributed by atoms with Gasteiger partial charge in [-0.05, 0) is 6.92 Å². The molecule has 0 saturated heterocycles. The molecule has 5 nitrogen and oxygen atoms in total. The summed E-state index contributed by atoms with van der Waals surface area (Å²) in [6.45, 7) is 1.39. The van der Waals surface area contributed by atoms with Crippen molar-refractivity contribution in [3.63, 3.8) is 0 Å². The molecule has 0 aromatic heterocycles. The lowest BCUT2D eigenvalue weighted by atomic mass is 10.4. The molecule has 0 bridgehead atoms. The Labute approximate surface area is 46.8 Å². The third-order valence-electron chi connectivity index (χ3n) is 0.805. The number of hydrogen-bond donors (Lipinski definition) is 3. The first-order valence-corrected chi connectivity index (χ1v) is 2.07. The standard InChI is InChI=1S/C3H9N3O2/c1-2(3(7)8)6(4)5/h2H,4-5H2,1H3,(H,7,8). The quantitative estimate of drug-likeness (QED) is 0.304. The molecule has 0 aliphatic heterocycles. The molecule has 8 heavy (non-hydrogen) atoms. The van der Waals surface area contributed by atoms with Gasteiger partial charge in [-0.1, -0.05) is 0 Å².